The average molecular weight is 408 g/mol. The third-order valence-corrected chi connectivity index (χ3v) is 7.71. The molecule has 0 aliphatic heterocycles. The Balaban J connectivity index is 1.83. The predicted molar refractivity (Wildman–Crippen MR) is 124 cm³/mol. The van der Waals surface area contributed by atoms with Gasteiger partial charge >= 0.3 is 0 Å². The number of unbranched alkanes of at least 4 members (excludes halogenated alkanes) is 7. The van der Waals surface area contributed by atoms with Gasteiger partial charge in [0.25, 0.3) is 0 Å². The van der Waals surface area contributed by atoms with Gasteiger partial charge in [-0.15, -0.1) is 0 Å². The summed E-state index contributed by atoms with van der Waals surface area (Å²) >= 11 is 0. The number of amides is 1. The Labute approximate surface area is 180 Å². The average Bonchev–Trinajstić information content (AvgIpc) is 2.73. The van der Waals surface area contributed by atoms with Gasteiger partial charge in [-0.3, -0.25) is 4.79 Å². The highest BCUT2D eigenvalue weighted by atomic mass is 16.2. The second-order valence-electron chi connectivity index (χ2n) is 10.1. The molecular weight excluding hydrogens is 358 g/mol. The van der Waals surface area contributed by atoms with E-state index in [0.29, 0.717) is 30.0 Å². The molecule has 0 saturated heterocycles. The fourth-order valence-electron chi connectivity index (χ4n) is 5.54. The number of nitrogens with zero attached hydrogens (tertiary/aromatic N) is 1. The molecule has 0 radical (unpaired) electrons. The van der Waals surface area contributed by atoms with Crippen molar-refractivity contribution in [2.24, 2.45) is 23.3 Å². The van der Waals surface area contributed by atoms with E-state index in [1.54, 1.807) is 0 Å². The second-order valence-corrected chi connectivity index (χ2v) is 10.1. The summed E-state index contributed by atoms with van der Waals surface area (Å²) in [5, 5.41) is 0. The van der Waals surface area contributed by atoms with Gasteiger partial charge in [0.05, 0.1) is 0 Å². The summed E-state index contributed by atoms with van der Waals surface area (Å²) in [6, 6.07) is 1.08. The first-order valence-electron chi connectivity index (χ1n) is 12.8. The van der Waals surface area contributed by atoms with Crippen LogP contribution in [0.15, 0.2) is 0 Å². The van der Waals surface area contributed by atoms with Gasteiger partial charge < -0.3 is 16.4 Å². The van der Waals surface area contributed by atoms with Crippen LogP contribution in [-0.2, 0) is 4.79 Å². The van der Waals surface area contributed by atoms with Gasteiger partial charge in [-0.1, -0.05) is 58.3 Å². The van der Waals surface area contributed by atoms with Crippen molar-refractivity contribution in [1.82, 2.24) is 4.90 Å². The number of hydrogen-bond acceptors (Lipinski definition) is 3. The molecule has 2 saturated carbocycles. The number of hydrogen-bond donors (Lipinski definition) is 2. The SMILES string of the molecule is CCCCCCCCCCC(C(=O)N(C)C1CCC(N)CC1)C1CCC(N)CC1. The monoisotopic (exact) mass is 407 g/mol. The number of rotatable bonds is 12. The largest absolute Gasteiger partial charge is 0.343 e. The second kappa shape index (κ2) is 13.6. The Morgan fingerprint density at radius 3 is 1.83 bits per heavy atom. The van der Waals surface area contributed by atoms with E-state index in [2.05, 4.69) is 18.9 Å². The lowest BCUT2D eigenvalue weighted by molar-refractivity contribution is -0.139. The van der Waals surface area contributed by atoms with Crippen LogP contribution >= 0.6 is 0 Å². The van der Waals surface area contributed by atoms with Crippen LogP contribution in [-0.4, -0.2) is 36.0 Å². The summed E-state index contributed by atoms with van der Waals surface area (Å²) in [7, 11) is 2.05. The fourth-order valence-corrected chi connectivity index (χ4v) is 5.54. The molecule has 1 unspecified atom stereocenters. The molecule has 2 aliphatic rings. The molecule has 29 heavy (non-hydrogen) atoms. The van der Waals surface area contributed by atoms with Gasteiger partial charge in [0, 0.05) is 31.1 Å². The molecule has 0 spiro atoms. The van der Waals surface area contributed by atoms with Crippen molar-refractivity contribution in [1.29, 1.82) is 0 Å². The highest BCUT2D eigenvalue weighted by Crippen LogP contribution is 2.35. The van der Waals surface area contributed by atoms with Crippen molar-refractivity contribution in [2.45, 2.75) is 134 Å². The van der Waals surface area contributed by atoms with Gasteiger partial charge in [0.1, 0.15) is 0 Å². The van der Waals surface area contributed by atoms with Crippen LogP contribution in [0.2, 0.25) is 0 Å². The van der Waals surface area contributed by atoms with E-state index in [4.69, 9.17) is 11.5 Å². The van der Waals surface area contributed by atoms with Crippen molar-refractivity contribution in [3.8, 4) is 0 Å². The van der Waals surface area contributed by atoms with E-state index in [0.717, 1.165) is 57.8 Å². The zero-order chi connectivity index (χ0) is 21.1. The fraction of sp³-hybridized carbons (Fsp3) is 0.960. The van der Waals surface area contributed by atoms with Crippen molar-refractivity contribution in [2.75, 3.05) is 7.05 Å². The maximum absolute atomic E-state index is 13.5. The van der Waals surface area contributed by atoms with E-state index in [-0.39, 0.29) is 5.92 Å². The van der Waals surface area contributed by atoms with Gasteiger partial charge in [-0.05, 0) is 63.7 Å². The third kappa shape index (κ3) is 8.57. The van der Waals surface area contributed by atoms with Crippen LogP contribution in [0.4, 0.5) is 0 Å². The number of carbonyl (C=O) groups excluding carboxylic acids is 1. The summed E-state index contributed by atoms with van der Waals surface area (Å²) in [6.45, 7) is 2.27. The molecule has 1 amide bonds. The van der Waals surface area contributed by atoms with Gasteiger partial charge in [0.2, 0.25) is 5.91 Å². The predicted octanol–water partition coefficient (Wildman–Crippen LogP) is 5.38. The lowest BCUT2D eigenvalue weighted by atomic mass is 9.75. The molecule has 0 bridgehead atoms. The molecule has 4 nitrogen and oxygen atoms in total. The first kappa shape index (κ1) is 24.7. The molecule has 0 heterocycles. The summed E-state index contributed by atoms with van der Waals surface area (Å²) in [4.78, 5) is 15.6. The molecule has 0 aromatic heterocycles. The minimum atomic E-state index is 0.211. The first-order valence-corrected chi connectivity index (χ1v) is 12.8. The van der Waals surface area contributed by atoms with E-state index in [1.165, 1.54) is 51.4 Å². The molecule has 0 aromatic carbocycles. The molecule has 170 valence electrons. The zero-order valence-corrected chi connectivity index (χ0v) is 19.4. The van der Waals surface area contributed by atoms with Crippen LogP contribution < -0.4 is 11.5 Å². The molecular formula is C25H49N3O. The van der Waals surface area contributed by atoms with Crippen LogP contribution in [0.1, 0.15) is 116 Å². The molecule has 1 atom stereocenters. The Kier molecular flexibility index (Phi) is 11.6. The Morgan fingerprint density at radius 1 is 0.793 bits per heavy atom. The summed E-state index contributed by atoms with van der Waals surface area (Å²) < 4.78 is 0. The summed E-state index contributed by atoms with van der Waals surface area (Å²) in [5.74, 6) is 1.16. The lowest BCUT2D eigenvalue weighted by Gasteiger charge is -2.39. The lowest BCUT2D eigenvalue weighted by Crippen LogP contribution is -2.46. The van der Waals surface area contributed by atoms with Crippen LogP contribution in [0.5, 0.6) is 0 Å². The molecule has 4 N–H and O–H groups in total. The third-order valence-electron chi connectivity index (χ3n) is 7.71. The van der Waals surface area contributed by atoms with Gasteiger partial charge in [0.15, 0.2) is 0 Å². The van der Waals surface area contributed by atoms with Crippen LogP contribution in [0.25, 0.3) is 0 Å². The van der Waals surface area contributed by atoms with Gasteiger partial charge in [-0.2, -0.15) is 0 Å². The highest BCUT2D eigenvalue weighted by molar-refractivity contribution is 5.79. The summed E-state index contributed by atoms with van der Waals surface area (Å²) in [6.07, 6.45) is 20.4. The van der Waals surface area contributed by atoms with Crippen molar-refractivity contribution < 1.29 is 4.79 Å². The van der Waals surface area contributed by atoms with Crippen molar-refractivity contribution >= 4 is 5.91 Å². The molecule has 2 aliphatic carbocycles. The Morgan fingerprint density at radius 2 is 1.28 bits per heavy atom. The minimum absolute atomic E-state index is 0.211. The smallest absolute Gasteiger partial charge is 0.225 e. The van der Waals surface area contributed by atoms with Crippen LogP contribution in [0.3, 0.4) is 0 Å². The topological polar surface area (TPSA) is 72.3 Å². The van der Waals surface area contributed by atoms with Gasteiger partial charge in [-0.25, -0.2) is 0 Å². The van der Waals surface area contributed by atoms with E-state index in [9.17, 15) is 4.79 Å². The molecule has 0 aromatic rings. The van der Waals surface area contributed by atoms with Crippen molar-refractivity contribution in [3.63, 3.8) is 0 Å². The normalized spacial score (nSPS) is 28.8. The van der Waals surface area contributed by atoms with Crippen molar-refractivity contribution in [3.05, 3.63) is 0 Å². The Bertz CT molecular complexity index is 439. The quantitative estimate of drug-likeness (QED) is 0.427. The highest BCUT2D eigenvalue weighted by Gasteiger charge is 2.35. The zero-order valence-electron chi connectivity index (χ0n) is 19.4. The number of nitrogens with two attached hydrogens (primary N) is 2. The standard InChI is InChI=1S/C25H49N3O/c1-3-4-5-6-7-8-9-10-11-24(20-12-14-21(26)15-13-20)25(29)28(2)23-18-16-22(27)17-19-23/h20-24H,3-19,26-27H2,1-2H3. The Hall–Kier alpha value is -0.610. The molecule has 2 rings (SSSR count). The van der Waals surface area contributed by atoms with E-state index in [1.807, 2.05) is 0 Å². The maximum Gasteiger partial charge on any atom is 0.225 e. The number of carbonyl (C=O) groups is 1. The molecule has 4 heteroatoms. The molecule has 2 fully saturated rings. The first-order chi connectivity index (χ1) is 14.0. The van der Waals surface area contributed by atoms with E-state index >= 15 is 0 Å². The van der Waals surface area contributed by atoms with Crippen LogP contribution in [0, 0.1) is 11.8 Å². The van der Waals surface area contributed by atoms with E-state index < -0.39 is 0 Å². The maximum atomic E-state index is 13.5. The summed E-state index contributed by atoms with van der Waals surface area (Å²) in [5.41, 5.74) is 12.2. The minimum Gasteiger partial charge on any atom is -0.343 e.